The maximum atomic E-state index is 13.1. The summed E-state index contributed by atoms with van der Waals surface area (Å²) in [6.07, 6.45) is -1.09. The van der Waals surface area contributed by atoms with Crippen LogP contribution in [0.15, 0.2) is 0 Å². The van der Waals surface area contributed by atoms with Crippen LogP contribution in [0.2, 0.25) is 0 Å². The quantitative estimate of drug-likeness (QED) is 0.187. The molecule has 9 nitrogen and oxygen atoms in total. The van der Waals surface area contributed by atoms with E-state index in [4.69, 9.17) is 5.11 Å². The van der Waals surface area contributed by atoms with E-state index in [0.29, 0.717) is 22.0 Å². The van der Waals surface area contributed by atoms with Crippen molar-refractivity contribution in [2.75, 3.05) is 51.8 Å². The number of amides is 2. The first-order chi connectivity index (χ1) is 13.2. The Labute approximate surface area is 203 Å². The van der Waals surface area contributed by atoms with E-state index in [1.54, 1.807) is 7.05 Å². The number of halogens is 3. The van der Waals surface area contributed by atoms with Gasteiger partial charge in [-0.3, -0.25) is 9.59 Å². The van der Waals surface area contributed by atoms with Crippen LogP contribution in [0.1, 0.15) is 20.7 Å². The molecule has 1 rings (SSSR count). The van der Waals surface area contributed by atoms with Crippen LogP contribution in [-0.2, 0) is 0 Å². The number of hydrogen-bond acceptors (Lipinski definition) is 7. The molecule has 1 atom stereocenters. The van der Waals surface area contributed by atoms with Crippen molar-refractivity contribution in [3.63, 3.8) is 0 Å². The number of carbonyl (C=O) groups is 2. The lowest BCUT2D eigenvalue weighted by Crippen LogP contribution is -2.38. The zero-order valence-electron chi connectivity index (χ0n) is 15.0. The Kier molecular flexibility index (Phi) is 11.7. The molecule has 0 aromatic heterocycles. The maximum absolute atomic E-state index is 13.1. The summed E-state index contributed by atoms with van der Waals surface area (Å²) in [5.74, 6) is -0.895. The van der Waals surface area contributed by atoms with E-state index in [0.717, 1.165) is 0 Å². The van der Waals surface area contributed by atoms with Gasteiger partial charge in [-0.15, -0.1) is 0 Å². The van der Waals surface area contributed by atoms with Gasteiger partial charge in [-0.05, 0) is 67.8 Å². The molecule has 2 amide bonds. The van der Waals surface area contributed by atoms with Crippen LogP contribution in [0.3, 0.4) is 0 Å². The van der Waals surface area contributed by atoms with Crippen molar-refractivity contribution >= 4 is 85.3 Å². The number of benzene rings is 1. The van der Waals surface area contributed by atoms with Crippen LogP contribution in [0.25, 0.3) is 0 Å². The molecule has 0 spiro atoms. The maximum Gasteiger partial charge on any atom is 0.256 e. The minimum Gasteiger partial charge on any atom is -0.395 e. The molecule has 0 aliphatic heterocycles. The van der Waals surface area contributed by atoms with E-state index in [2.05, 4.69) is 10.6 Å². The van der Waals surface area contributed by atoms with Crippen molar-refractivity contribution in [1.29, 1.82) is 0 Å². The van der Waals surface area contributed by atoms with Crippen LogP contribution in [-0.4, -0.2) is 89.7 Å². The van der Waals surface area contributed by atoms with Gasteiger partial charge in [0.05, 0.1) is 49.9 Å². The van der Waals surface area contributed by atoms with Gasteiger partial charge in [-0.25, -0.2) is 0 Å². The topological polar surface area (TPSA) is 142 Å². The second kappa shape index (κ2) is 12.6. The van der Waals surface area contributed by atoms with Crippen LogP contribution in [0.4, 0.5) is 5.69 Å². The van der Waals surface area contributed by atoms with Gasteiger partial charge in [0.1, 0.15) is 0 Å². The van der Waals surface area contributed by atoms with Crippen LogP contribution in [0.5, 0.6) is 0 Å². The fourth-order valence-corrected chi connectivity index (χ4v) is 7.01. The molecular formula is C16H22I3N3O6. The highest BCUT2D eigenvalue weighted by atomic mass is 127. The lowest BCUT2D eigenvalue weighted by molar-refractivity contribution is 0.0682. The van der Waals surface area contributed by atoms with Gasteiger partial charge in [0, 0.05) is 30.3 Å². The Hall–Kier alpha value is -0.0100. The zero-order chi connectivity index (χ0) is 21.4. The summed E-state index contributed by atoms with van der Waals surface area (Å²) < 4.78 is 1.65. The van der Waals surface area contributed by atoms with Crippen LogP contribution in [0, 0.1) is 10.7 Å². The summed E-state index contributed by atoms with van der Waals surface area (Å²) in [7, 11) is 1.68. The molecule has 0 bridgehead atoms. The summed E-state index contributed by atoms with van der Waals surface area (Å²) in [4.78, 5) is 27.1. The third-order valence-electron chi connectivity index (χ3n) is 3.74. The van der Waals surface area contributed by atoms with Gasteiger partial charge in [-0.1, -0.05) is 0 Å². The summed E-state index contributed by atoms with van der Waals surface area (Å²) in [6.45, 7) is -1.02. The van der Waals surface area contributed by atoms with Crippen molar-refractivity contribution in [3.8, 4) is 0 Å². The Bertz CT molecular complexity index is 714. The van der Waals surface area contributed by atoms with Gasteiger partial charge in [0.25, 0.3) is 11.8 Å². The second-order valence-electron chi connectivity index (χ2n) is 5.60. The van der Waals surface area contributed by atoms with Crippen LogP contribution >= 0.6 is 67.8 Å². The van der Waals surface area contributed by atoms with Gasteiger partial charge in [0.15, 0.2) is 0 Å². The van der Waals surface area contributed by atoms with Gasteiger partial charge in [0.2, 0.25) is 0 Å². The number of nitrogens with one attached hydrogen (secondary N) is 2. The van der Waals surface area contributed by atoms with Crippen molar-refractivity contribution < 1.29 is 30.0 Å². The lowest BCUT2D eigenvalue weighted by atomic mass is 10.1. The normalized spacial score (nSPS) is 11.9. The third-order valence-corrected chi connectivity index (χ3v) is 6.98. The van der Waals surface area contributed by atoms with Gasteiger partial charge >= 0.3 is 0 Å². The van der Waals surface area contributed by atoms with Crippen molar-refractivity contribution in [2.45, 2.75) is 6.10 Å². The highest BCUT2D eigenvalue weighted by molar-refractivity contribution is 14.1. The second-order valence-corrected chi connectivity index (χ2v) is 8.84. The van der Waals surface area contributed by atoms with E-state index >= 15 is 0 Å². The van der Waals surface area contributed by atoms with Crippen LogP contribution < -0.4 is 10.6 Å². The van der Waals surface area contributed by atoms with E-state index in [-0.39, 0.29) is 38.4 Å². The molecule has 28 heavy (non-hydrogen) atoms. The Morgan fingerprint density at radius 3 is 2.00 bits per heavy atom. The molecule has 0 saturated heterocycles. The molecule has 1 aromatic rings. The Morgan fingerprint density at radius 2 is 1.54 bits per heavy atom. The van der Waals surface area contributed by atoms with Crippen molar-refractivity contribution in [1.82, 2.24) is 10.2 Å². The molecule has 0 radical (unpaired) electrons. The van der Waals surface area contributed by atoms with Crippen molar-refractivity contribution in [3.05, 3.63) is 21.8 Å². The highest BCUT2D eigenvalue weighted by Gasteiger charge is 2.29. The minimum absolute atomic E-state index is 0.0522. The first-order valence-corrected chi connectivity index (χ1v) is 11.4. The molecule has 1 unspecified atom stereocenters. The average molecular weight is 733 g/mol. The summed E-state index contributed by atoms with van der Waals surface area (Å²) >= 11 is 5.97. The molecule has 0 aliphatic carbocycles. The molecule has 158 valence electrons. The zero-order valence-corrected chi connectivity index (χ0v) is 21.5. The third kappa shape index (κ3) is 6.24. The Balaban J connectivity index is 3.49. The number of carbonyl (C=O) groups excluding carboxylic acids is 2. The molecule has 6 N–H and O–H groups in total. The smallest absolute Gasteiger partial charge is 0.256 e. The summed E-state index contributed by atoms with van der Waals surface area (Å²) in [6, 6.07) is 0. The summed E-state index contributed by atoms with van der Waals surface area (Å²) in [5, 5.41) is 42.4. The SMILES string of the molecule is CNc1c(I)c(C(=O)NCC(O)CO)c(I)c(C(=O)N(CCO)CCO)c1I. The van der Waals surface area contributed by atoms with E-state index in [9.17, 15) is 24.9 Å². The lowest BCUT2D eigenvalue weighted by Gasteiger charge is -2.24. The molecule has 0 aliphatic rings. The fourth-order valence-electron chi connectivity index (χ4n) is 2.35. The predicted octanol–water partition coefficient (Wildman–Crippen LogP) is 0.0519. The largest absolute Gasteiger partial charge is 0.395 e. The predicted molar refractivity (Wildman–Crippen MR) is 130 cm³/mol. The molecule has 0 heterocycles. The minimum atomic E-state index is -1.09. The molecule has 1 aromatic carbocycles. The average Bonchev–Trinajstić information content (AvgIpc) is 2.66. The van der Waals surface area contributed by atoms with Gasteiger partial charge in [-0.2, -0.15) is 0 Å². The summed E-state index contributed by atoms with van der Waals surface area (Å²) in [5.41, 5.74) is 1.17. The van der Waals surface area contributed by atoms with E-state index < -0.39 is 24.5 Å². The number of anilines is 1. The standard InChI is InChI=1S/C16H22I3N3O6/c1-20-14-12(18)9(15(27)21-6-8(26)7-25)11(17)10(13(14)19)16(28)22(2-4-23)3-5-24/h8,20,23-26H,2-7H2,1H3,(H,21,27). The number of aliphatic hydroxyl groups is 4. The molecular weight excluding hydrogens is 711 g/mol. The number of nitrogens with zero attached hydrogens (tertiary/aromatic N) is 1. The highest BCUT2D eigenvalue weighted by Crippen LogP contribution is 2.36. The van der Waals surface area contributed by atoms with E-state index in [1.807, 2.05) is 67.8 Å². The number of hydrogen-bond donors (Lipinski definition) is 6. The monoisotopic (exact) mass is 733 g/mol. The Morgan fingerprint density at radius 1 is 1.00 bits per heavy atom. The molecule has 12 heteroatoms. The molecule has 0 fully saturated rings. The first-order valence-electron chi connectivity index (χ1n) is 8.21. The number of rotatable bonds is 10. The van der Waals surface area contributed by atoms with Gasteiger partial charge < -0.3 is 36.0 Å². The first kappa shape index (κ1) is 26.0. The molecule has 0 saturated carbocycles. The van der Waals surface area contributed by atoms with E-state index in [1.165, 1.54) is 4.90 Å². The number of aliphatic hydroxyl groups excluding tert-OH is 4. The fraction of sp³-hybridized carbons (Fsp3) is 0.500. The van der Waals surface area contributed by atoms with Crippen molar-refractivity contribution in [2.24, 2.45) is 0 Å².